The van der Waals surface area contributed by atoms with Crippen LogP contribution in [-0.4, -0.2) is 21.7 Å². The normalized spacial score (nSPS) is 11.1. The Hall–Kier alpha value is -12.1. The number of nitrogens with zero attached hydrogens (tertiary/aromatic N) is 4. The van der Waals surface area contributed by atoms with Crippen LogP contribution < -0.4 is 5.46 Å². The summed E-state index contributed by atoms with van der Waals surface area (Å²) in [5, 5.41) is 54.0. The fraction of sp³-hybridized carbons (Fsp3) is 0.0122. The molecule has 0 saturated carbocycles. The first-order valence-corrected chi connectivity index (χ1v) is 31.2. The molecule has 4 heterocycles. The molecule has 95 heavy (non-hydrogen) atoms. The van der Waals surface area contributed by atoms with E-state index < -0.39 is 18.8 Å². The molecule has 0 saturated heterocycles. The highest BCUT2D eigenvalue weighted by Crippen LogP contribution is 2.41. The molecule has 2 N–H and O–H groups in total. The standard InChI is InChI=1S/C31H18N2O.C19H10FNO.C13H10.C12H9BO3.C7H3BrFN/c32-19-21-8-7-12-22(20-16-17-30-26(18-20)25-11-3-6-15-29(25)34-30)31(21)33-27-13-4-1-9-23(27)24-10-2-5-14-28(24)33;20-19-13(11-21)4-3-6-14(19)12-8-9-18-16(10-12)15-5-1-2-7-17(15)22-18;1-3-7-12-10(5-1)9-11-6-2-4-8-13(11)12;14-13(15)8-5-6-12-10(7-8)9-3-1-2-4-11(9)16-12;8-6-3-1-2-5(4-10)7(6)9/h1-18H;1-10H;1-8H,9H2;1-7,14-15H;1-3H. The minimum absolute atomic E-state index is 0.0506. The number of hydrogen-bond acceptors (Lipinski definition) is 8. The van der Waals surface area contributed by atoms with Crippen LogP contribution in [0.25, 0.3) is 127 Å². The number of nitriles is 3. The van der Waals surface area contributed by atoms with Gasteiger partial charge in [0, 0.05) is 54.2 Å². The first kappa shape index (κ1) is 60.4. The predicted molar refractivity (Wildman–Crippen MR) is 379 cm³/mol. The lowest BCUT2D eigenvalue weighted by Crippen LogP contribution is -2.29. The number of aromatic nitrogens is 1. The molecule has 0 fully saturated rings. The Morgan fingerprint density at radius 2 is 0.737 bits per heavy atom. The molecule has 4 aromatic heterocycles. The Kier molecular flexibility index (Phi) is 16.7. The van der Waals surface area contributed by atoms with Crippen molar-refractivity contribution >= 4 is 116 Å². The van der Waals surface area contributed by atoms with E-state index >= 15 is 0 Å². The Balaban J connectivity index is 0.000000110. The highest BCUT2D eigenvalue weighted by atomic mass is 79.9. The van der Waals surface area contributed by atoms with Crippen molar-refractivity contribution < 1.29 is 32.1 Å². The van der Waals surface area contributed by atoms with Crippen molar-refractivity contribution in [2.45, 2.75) is 6.42 Å². The van der Waals surface area contributed by atoms with E-state index in [2.05, 4.69) is 148 Å². The van der Waals surface area contributed by atoms with Gasteiger partial charge >= 0.3 is 7.12 Å². The van der Waals surface area contributed by atoms with Gasteiger partial charge in [0.2, 0.25) is 0 Å². The zero-order chi connectivity index (χ0) is 65.1. The van der Waals surface area contributed by atoms with Crippen LogP contribution in [0.5, 0.6) is 0 Å². The summed E-state index contributed by atoms with van der Waals surface area (Å²) in [6.45, 7) is 0. The van der Waals surface area contributed by atoms with E-state index in [1.807, 2.05) is 109 Å². The van der Waals surface area contributed by atoms with E-state index in [0.29, 0.717) is 21.1 Å². The van der Waals surface area contributed by atoms with Crippen LogP contribution in [0.4, 0.5) is 8.78 Å². The average molecular weight is 1300 g/mol. The van der Waals surface area contributed by atoms with E-state index in [1.165, 1.54) is 45.2 Å². The summed E-state index contributed by atoms with van der Waals surface area (Å²) >= 11 is 2.96. The van der Waals surface area contributed by atoms with E-state index in [4.69, 9.17) is 33.8 Å². The lowest BCUT2D eigenvalue weighted by molar-refractivity contribution is 0.426. The molecule has 13 aromatic carbocycles. The zero-order valence-electron chi connectivity index (χ0n) is 50.4. The third-order valence-corrected chi connectivity index (χ3v) is 17.5. The Morgan fingerprint density at radius 1 is 0.358 bits per heavy atom. The Bertz CT molecular complexity index is 5850. The van der Waals surface area contributed by atoms with Crippen LogP contribution >= 0.6 is 15.9 Å². The van der Waals surface area contributed by atoms with E-state index in [0.717, 1.165) is 106 Å². The fourth-order valence-electron chi connectivity index (χ4n) is 12.5. The number of halogens is 3. The minimum atomic E-state index is -1.45. The quantitative estimate of drug-likeness (QED) is 0.165. The van der Waals surface area contributed by atoms with Gasteiger partial charge in [-0.2, -0.15) is 15.8 Å². The van der Waals surface area contributed by atoms with Crippen molar-refractivity contribution in [3.05, 3.63) is 323 Å². The maximum Gasteiger partial charge on any atom is 0.488 e. The molecule has 0 spiro atoms. The molecule has 1 aliphatic rings. The predicted octanol–water partition coefficient (Wildman–Crippen LogP) is 20.5. The van der Waals surface area contributed by atoms with Gasteiger partial charge in [0.05, 0.1) is 37.9 Å². The molecule has 0 amide bonds. The number of fused-ring (bicyclic) bond motifs is 15. The minimum Gasteiger partial charge on any atom is -0.456 e. The SMILES string of the molecule is N#Cc1cccc(-c2ccc3oc4ccccc4c3c2)c1-n1c2ccccc2c2ccccc21.N#Cc1cccc(-c2ccc3oc4ccccc4c3c2)c1F.N#Cc1cccc(Br)c1F.OB(O)c1ccc2oc3ccccc3c2c1.c1ccc2c(c1)Cc1ccccc1-2. The summed E-state index contributed by atoms with van der Waals surface area (Å²) in [7, 11) is -1.45. The van der Waals surface area contributed by atoms with Crippen molar-refractivity contribution in [3.63, 3.8) is 0 Å². The second-order valence-electron chi connectivity index (χ2n) is 22.5. The molecule has 0 atom stereocenters. The fourth-order valence-corrected chi connectivity index (χ4v) is 12.8. The Labute approximate surface area is 551 Å². The molecule has 18 rings (SSSR count). The first-order chi connectivity index (χ1) is 46.6. The molecule has 0 bridgehead atoms. The first-order valence-electron chi connectivity index (χ1n) is 30.4. The van der Waals surface area contributed by atoms with Gasteiger partial charge in [-0.05, 0) is 146 Å². The summed E-state index contributed by atoms with van der Waals surface area (Å²) in [4.78, 5) is 0. The molecular formula is C82H50BBrF2N4O5. The molecule has 0 unspecified atom stereocenters. The van der Waals surface area contributed by atoms with Gasteiger partial charge < -0.3 is 27.9 Å². The molecule has 452 valence electrons. The topological polar surface area (TPSA) is 156 Å². The molecular weight excluding hydrogens is 1250 g/mol. The number of benzene rings is 13. The highest BCUT2D eigenvalue weighted by molar-refractivity contribution is 9.10. The number of rotatable bonds is 4. The van der Waals surface area contributed by atoms with Crippen molar-refractivity contribution in [2.24, 2.45) is 0 Å². The molecule has 0 aliphatic heterocycles. The third-order valence-electron chi connectivity index (χ3n) is 16.9. The molecule has 17 aromatic rings. The largest absolute Gasteiger partial charge is 0.488 e. The van der Waals surface area contributed by atoms with Gasteiger partial charge in [-0.3, -0.25) is 0 Å². The Morgan fingerprint density at radius 3 is 1.23 bits per heavy atom. The summed E-state index contributed by atoms with van der Waals surface area (Å²) in [6.07, 6.45) is 1.10. The van der Waals surface area contributed by atoms with E-state index in [1.54, 1.807) is 48.5 Å². The monoisotopic (exact) mass is 1300 g/mol. The lowest BCUT2D eigenvalue weighted by Gasteiger charge is -2.16. The molecule has 1 aliphatic carbocycles. The van der Waals surface area contributed by atoms with Gasteiger partial charge in [0.25, 0.3) is 0 Å². The average Bonchev–Trinajstić information content (AvgIpc) is 1.63. The maximum atomic E-state index is 14.4. The van der Waals surface area contributed by atoms with Crippen LogP contribution in [0, 0.1) is 45.6 Å². The van der Waals surface area contributed by atoms with Crippen LogP contribution in [0.3, 0.4) is 0 Å². The van der Waals surface area contributed by atoms with Crippen LogP contribution in [0.1, 0.15) is 27.8 Å². The third kappa shape index (κ3) is 11.6. The van der Waals surface area contributed by atoms with Crippen molar-refractivity contribution in [3.8, 4) is 57.3 Å². The maximum absolute atomic E-state index is 14.4. The van der Waals surface area contributed by atoms with Crippen molar-refractivity contribution in [2.75, 3.05) is 0 Å². The molecule has 0 radical (unpaired) electrons. The summed E-state index contributed by atoms with van der Waals surface area (Å²) in [5.41, 5.74) is 18.1. The van der Waals surface area contributed by atoms with Gasteiger partial charge in [-0.15, -0.1) is 0 Å². The molecule has 13 heteroatoms. The summed E-state index contributed by atoms with van der Waals surface area (Å²) < 4.78 is 47.1. The van der Waals surface area contributed by atoms with E-state index in [-0.39, 0.29) is 11.1 Å². The smallest absolute Gasteiger partial charge is 0.456 e. The lowest BCUT2D eigenvalue weighted by atomic mass is 9.80. The van der Waals surface area contributed by atoms with Gasteiger partial charge in [0.1, 0.15) is 57.5 Å². The molecule has 9 nitrogen and oxygen atoms in total. The van der Waals surface area contributed by atoms with Crippen LogP contribution in [0.15, 0.2) is 297 Å². The van der Waals surface area contributed by atoms with Gasteiger partial charge in [0.15, 0.2) is 5.82 Å². The number of para-hydroxylation sites is 6. The second kappa shape index (κ2) is 26.2. The number of furan rings is 3. The second-order valence-corrected chi connectivity index (χ2v) is 23.4. The van der Waals surface area contributed by atoms with Crippen molar-refractivity contribution in [1.82, 2.24) is 4.57 Å². The summed E-state index contributed by atoms with van der Waals surface area (Å²) in [5.74, 6) is -0.984. The van der Waals surface area contributed by atoms with Gasteiger partial charge in [-0.1, -0.05) is 194 Å². The van der Waals surface area contributed by atoms with Crippen molar-refractivity contribution in [1.29, 1.82) is 15.8 Å². The zero-order valence-corrected chi connectivity index (χ0v) is 52.0. The highest BCUT2D eigenvalue weighted by Gasteiger charge is 2.21. The van der Waals surface area contributed by atoms with E-state index in [9.17, 15) is 14.0 Å². The van der Waals surface area contributed by atoms with Crippen LogP contribution in [0.2, 0.25) is 0 Å². The van der Waals surface area contributed by atoms with Crippen LogP contribution in [-0.2, 0) is 6.42 Å². The number of hydrogen-bond donors (Lipinski definition) is 2. The van der Waals surface area contributed by atoms with Gasteiger partial charge in [-0.25, -0.2) is 8.78 Å². The summed E-state index contributed by atoms with van der Waals surface area (Å²) in [6, 6.07) is 96.1.